The zero-order valence-corrected chi connectivity index (χ0v) is 10.8. The van der Waals surface area contributed by atoms with Gasteiger partial charge in [0, 0.05) is 6.61 Å². The maximum Gasteiger partial charge on any atom is 0.310 e. The first kappa shape index (κ1) is 15.4. The van der Waals surface area contributed by atoms with Crippen LogP contribution in [0.2, 0.25) is 0 Å². The monoisotopic (exact) mass is 232 g/mol. The van der Waals surface area contributed by atoms with E-state index in [1.54, 1.807) is 6.92 Å². The molecule has 0 aliphatic carbocycles. The maximum absolute atomic E-state index is 11.4. The second-order valence-corrected chi connectivity index (χ2v) is 3.81. The van der Waals surface area contributed by atoms with Gasteiger partial charge in [-0.25, -0.2) is 0 Å². The largest absolute Gasteiger partial charge is 0.436 e. The van der Waals surface area contributed by atoms with Crippen LogP contribution in [0.4, 0.5) is 0 Å². The Morgan fingerprint density at radius 1 is 1.06 bits per heavy atom. The fraction of sp³-hybridized carbons (Fsp3) is 0.917. The molecule has 0 saturated heterocycles. The Balaban J connectivity index is 3.63. The van der Waals surface area contributed by atoms with Crippen LogP contribution in [0.3, 0.4) is 0 Å². The number of ether oxygens (including phenoxy) is 3. The first-order valence-electron chi connectivity index (χ1n) is 6.02. The number of carbonyl (C=O) groups is 1. The summed E-state index contributed by atoms with van der Waals surface area (Å²) in [5.74, 6) is -0.271. The lowest BCUT2D eigenvalue weighted by atomic mass is 10.3. The van der Waals surface area contributed by atoms with Crippen LogP contribution in [-0.4, -0.2) is 31.6 Å². The van der Waals surface area contributed by atoms with Gasteiger partial charge in [0.25, 0.3) is 0 Å². The molecule has 0 bridgehead atoms. The Kier molecular flexibility index (Phi) is 9.24. The Bertz CT molecular complexity index is 164. The van der Waals surface area contributed by atoms with E-state index in [0.29, 0.717) is 13.2 Å². The molecule has 4 heteroatoms. The third-order valence-corrected chi connectivity index (χ3v) is 1.91. The van der Waals surface area contributed by atoms with E-state index in [0.717, 1.165) is 12.8 Å². The van der Waals surface area contributed by atoms with E-state index in [1.807, 2.05) is 20.8 Å². The fourth-order valence-corrected chi connectivity index (χ4v) is 1.16. The Labute approximate surface area is 98.3 Å². The van der Waals surface area contributed by atoms with Crippen molar-refractivity contribution in [2.24, 2.45) is 0 Å². The van der Waals surface area contributed by atoms with Crippen molar-refractivity contribution in [2.75, 3.05) is 13.2 Å². The molecule has 0 aliphatic heterocycles. The van der Waals surface area contributed by atoms with Crippen molar-refractivity contribution >= 4 is 5.97 Å². The third-order valence-electron chi connectivity index (χ3n) is 1.91. The summed E-state index contributed by atoms with van der Waals surface area (Å²) in [4.78, 5) is 11.4. The maximum atomic E-state index is 11.4. The highest BCUT2D eigenvalue weighted by molar-refractivity contribution is 5.69. The fourth-order valence-electron chi connectivity index (χ4n) is 1.16. The van der Waals surface area contributed by atoms with Gasteiger partial charge in [0.15, 0.2) is 6.29 Å². The van der Waals surface area contributed by atoms with Crippen molar-refractivity contribution in [3.8, 4) is 0 Å². The van der Waals surface area contributed by atoms with Crippen LogP contribution in [0.1, 0.15) is 47.0 Å². The number of rotatable bonds is 9. The predicted octanol–water partition coefficient (Wildman–Crippen LogP) is 2.51. The minimum absolute atomic E-state index is 0.0918. The van der Waals surface area contributed by atoms with Crippen LogP contribution in [0.25, 0.3) is 0 Å². The highest BCUT2D eigenvalue weighted by atomic mass is 16.7. The van der Waals surface area contributed by atoms with E-state index in [2.05, 4.69) is 0 Å². The zero-order valence-electron chi connectivity index (χ0n) is 10.8. The van der Waals surface area contributed by atoms with Crippen molar-refractivity contribution < 1.29 is 19.0 Å². The van der Waals surface area contributed by atoms with Crippen molar-refractivity contribution in [3.63, 3.8) is 0 Å². The van der Waals surface area contributed by atoms with E-state index < -0.39 is 6.29 Å². The summed E-state index contributed by atoms with van der Waals surface area (Å²) in [5.41, 5.74) is 0. The lowest BCUT2D eigenvalue weighted by Gasteiger charge is -2.16. The number of hydrogen-bond acceptors (Lipinski definition) is 4. The van der Waals surface area contributed by atoms with Crippen molar-refractivity contribution in [3.05, 3.63) is 0 Å². The Morgan fingerprint density at radius 3 is 2.19 bits per heavy atom. The summed E-state index contributed by atoms with van der Waals surface area (Å²) in [6.07, 6.45) is 1.59. The van der Waals surface area contributed by atoms with Crippen LogP contribution in [-0.2, 0) is 19.0 Å². The molecule has 0 spiro atoms. The predicted molar refractivity (Wildman–Crippen MR) is 62.1 cm³/mol. The van der Waals surface area contributed by atoms with Gasteiger partial charge in [0.05, 0.1) is 19.1 Å². The van der Waals surface area contributed by atoms with Gasteiger partial charge in [-0.2, -0.15) is 0 Å². The molecule has 0 heterocycles. The van der Waals surface area contributed by atoms with Gasteiger partial charge in [-0.1, -0.05) is 13.8 Å². The lowest BCUT2D eigenvalue weighted by molar-refractivity contribution is -0.177. The Morgan fingerprint density at radius 2 is 1.62 bits per heavy atom. The molecule has 16 heavy (non-hydrogen) atoms. The smallest absolute Gasteiger partial charge is 0.310 e. The first-order chi connectivity index (χ1) is 7.60. The standard InChI is InChI=1S/C12H24O4/c1-5-7-14-10(3)9-12(13)16-11(4)15-8-6-2/h10-11H,5-9H2,1-4H3. The summed E-state index contributed by atoms with van der Waals surface area (Å²) in [6.45, 7) is 8.92. The van der Waals surface area contributed by atoms with Crippen molar-refractivity contribution in [2.45, 2.75) is 59.4 Å². The van der Waals surface area contributed by atoms with Gasteiger partial charge in [-0.15, -0.1) is 0 Å². The quantitative estimate of drug-likeness (QED) is 0.452. The second-order valence-electron chi connectivity index (χ2n) is 3.81. The minimum atomic E-state index is -0.467. The highest BCUT2D eigenvalue weighted by Gasteiger charge is 2.13. The van der Waals surface area contributed by atoms with Crippen LogP contribution in [0.15, 0.2) is 0 Å². The van der Waals surface area contributed by atoms with Gasteiger partial charge in [0.1, 0.15) is 0 Å². The highest BCUT2D eigenvalue weighted by Crippen LogP contribution is 2.03. The summed E-state index contributed by atoms with van der Waals surface area (Å²) in [7, 11) is 0. The van der Waals surface area contributed by atoms with Crippen molar-refractivity contribution in [1.29, 1.82) is 0 Å². The van der Waals surface area contributed by atoms with E-state index >= 15 is 0 Å². The molecule has 2 unspecified atom stereocenters. The molecular formula is C12H24O4. The Hall–Kier alpha value is -0.610. The SMILES string of the molecule is CCCOC(C)CC(=O)OC(C)OCCC. The molecule has 4 nitrogen and oxygen atoms in total. The molecule has 0 rings (SSSR count). The summed E-state index contributed by atoms with van der Waals surface area (Å²) in [6, 6.07) is 0. The van der Waals surface area contributed by atoms with Crippen LogP contribution >= 0.6 is 0 Å². The molecule has 0 radical (unpaired) electrons. The molecule has 0 aromatic carbocycles. The van der Waals surface area contributed by atoms with Gasteiger partial charge >= 0.3 is 5.97 Å². The zero-order chi connectivity index (χ0) is 12.4. The third kappa shape index (κ3) is 8.68. The van der Waals surface area contributed by atoms with Gasteiger partial charge in [-0.05, 0) is 26.7 Å². The molecule has 2 atom stereocenters. The molecular weight excluding hydrogens is 208 g/mol. The number of carbonyl (C=O) groups excluding carboxylic acids is 1. The van der Waals surface area contributed by atoms with Crippen LogP contribution in [0.5, 0.6) is 0 Å². The average molecular weight is 232 g/mol. The van der Waals surface area contributed by atoms with Crippen LogP contribution in [0, 0.1) is 0 Å². The summed E-state index contributed by atoms with van der Waals surface area (Å²) < 4.78 is 15.7. The van der Waals surface area contributed by atoms with Gasteiger partial charge < -0.3 is 14.2 Å². The van der Waals surface area contributed by atoms with Crippen LogP contribution < -0.4 is 0 Å². The summed E-state index contributed by atoms with van der Waals surface area (Å²) >= 11 is 0. The molecule has 0 aromatic heterocycles. The minimum Gasteiger partial charge on any atom is -0.436 e. The van der Waals surface area contributed by atoms with E-state index in [-0.39, 0.29) is 18.5 Å². The topological polar surface area (TPSA) is 44.8 Å². The summed E-state index contributed by atoms with van der Waals surface area (Å²) in [5, 5.41) is 0. The second kappa shape index (κ2) is 9.60. The van der Waals surface area contributed by atoms with E-state index in [4.69, 9.17) is 14.2 Å². The lowest BCUT2D eigenvalue weighted by Crippen LogP contribution is -2.22. The molecule has 0 fully saturated rings. The molecule has 0 aliphatic rings. The normalized spacial score (nSPS) is 14.5. The molecule has 96 valence electrons. The van der Waals surface area contributed by atoms with Crippen molar-refractivity contribution in [1.82, 2.24) is 0 Å². The van der Waals surface area contributed by atoms with Gasteiger partial charge in [-0.3, -0.25) is 4.79 Å². The molecule has 0 amide bonds. The number of esters is 1. The van der Waals surface area contributed by atoms with Gasteiger partial charge in [0.2, 0.25) is 0 Å². The number of hydrogen-bond donors (Lipinski definition) is 0. The molecule has 0 aromatic rings. The average Bonchev–Trinajstić information content (AvgIpc) is 2.23. The molecule has 0 N–H and O–H groups in total. The van der Waals surface area contributed by atoms with E-state index in [9.17, 15) is 4.79 Å². The first-order valence-corrected chi connectivity index (χ1v) is 6.02. The molecule has 0 saturated carbocycles. The van der Waals surface area contributed by atoms with E-state index in [1.165, 1.54) is 0 Å².